The molecule has 4 rings (SSSR count). The van der Waals surface area contributed by atoms with E-state index in [9.17, 15) is 19.2 Å². The maximum absolute atomic E-state index is 12.7. The smallest absolute Gasteiger partial charge is 0.374 e. The van der Waals surface area contributed by atoms with Gasteiger partial charge in [-0.15, -0.1) is 0 Å². The van der Waals surface area contributed by atoms with Gasteiger partial charge in [-0.1, -0.05) is 0 Å². The minimum atomic E-state index is -1.50. The van der Waals surface area contributed by atoms with E-state index >= 15 is 0 Å². The Morgan fingerprint density at radius 3 is 2.61 bits per heavy atom. The van der Waals surface area contributed by atoms with Crippen molar-refractivity contribution in [1.29, 1.82) is 0 Å². The molecule has 4 atom stereocenters. The highest BCUT2D eigenvalue weighted by molar-refractivity contribution is 6.21. The summed E-state index contributed by atoms with van der Waals surface area (Å²) >= 11 is 0. The summed E-state index contributed by atoms with van der Waals surface area (Å²) in [6.45, 7) is 2.93. The molecule has 1 saturated heterocycles. The summed E-state index contributed by atoms with van der Waals surface area (Å²) < 4.78 is 15.4. The zero-order chi connectivity index (χ0) is 16.7. The van der Waals surface area contributed by atoms with Gasteiger partial charge in [-0.05, 0) is 19.9 Å². The highest BCUT2D eigenvalue weighted by Gasteiger charge is 2.97. The summed E-state index contributed by atoms with van der Waals surface area (Å²) in [4.78, 5) is 48.9. The molecule has 7 nitrogen and oxygen atoms in total. The summed E-state index contributed by atoms with van der Waals surface area (Å²) in [5, 5.41) is 0. The summed E-state index contributed by atoms with van der Waals surface area (Å²) in [6, 6.07) is 1.54. The fourth-order valence-electron chi connectivity index (χ4n) is 4.64. The van der Waals surface area contributed by atoms with Crippen LogP contribution in [0.2, 0.25) is 0 Å². The Morgan fingerprint density at radius 2 is 2.04 bits per heavy atom. The quantitative estimate of drug-likeness (QED) is 0.598. The lowest BCUT2D eigenvalue weighted by molar-refractivity contribution is -0.152. The van der Waals surface area contributed by atoms with Gasteiger partial charge in [0.1, 0.15) is 23.1 Å². The number of hydrogen-bond acceptors (Lipinski definition) is 7. The van der Waals surface area contributed by atoms with Gasteiger partial charge in [0, 0.05) is 17.9 Å². The number of hydrogen-bond donors (Lipinski definition) is 0. The van der Waals surface area contributed by atoms with Gasteiger partial charge in [-0.3, -0.25) is 14.4 Å². The van der Waals surface area contributed by atoms with Crippen LogP contribution in [-0.2, 0) is 29.3 Å². The Balaban J connectivity index is 1.92. The van der Waals surface area contributed by atoms with Crippen LogP contribution in [0, 0.1) is 18.3 Å². The lowest BCUT2D eigenvalue weighted by atomic mass is 9.83. The zero-order valence-electron chi connectivity index (χ0n) is 12.8. The molecule has 2 heterocycles. The van der Waals surface area contributed by atoms with Crippen molar-refractivity contribution < 1.29 is 33.1 Å². The molecule has 7 heteroatoms. The van der Waals surface area contributed by atoms with Crippen molar-refractivity contribution in [2.24, 2.45) is 11.3 Å². The Bertz CT molecular complexity index is 803. The third kappa shape index (κ3) is 1.21. The number of esters is 2. The number of Topliss-reactive ketones (excluding diaryl/α,β-unsaturated/α-hetero) is 2. The van der Waals surface area contributed by atoms with Gasteiger partial charge < -0.3 is 13.9 Å². The molecule has 1 aromatic heterocycles. The molecule has 0 aromatic carbocycles. The number of carbonyl (C=O) groups excluding carboxylic acids is 4. The normalized spacial score (nSPS) is 36.7. The maximum Gasteiger partial charge on any atom is 0.374 e. The van der Waals surface area contributed by atoms with Gasteiger partial charge in [-0.2, -0.15) is 0 Å². The van der Waals surface area contributed by atoms with E-state index in [0.717, 1.165) is 0 Å². The van der Waals surface area contributed by atoms with Crippen LogP contribution in [-0.4, -0.2) is 36.7 Å². The summed E-state index contributed by atoms with van der Waals surface area (Å²) in [5.74, 6) is -2.37. The van der Waals surface area contributed by atoms with Crippen LogP contribution in [0.25, 0.3) is 0 Å². The van der Waals surface area contributed by atoms with E-state index in [4.69, 9.17) is 9.15 Å². The molecule has 0 N–H and O–H groups in total. The van der Waals surface area contributed by atoms with E-state index in [1.54, 1.807) is 13.0 Å². The third-order valence-electron chi connectivity index (χ3n) is 5.48. The predicted molar refractivity (Wildman–Crippen MR) is 72.6 cm³/mol. The first-order valence-electron chi connectivity index (χ1n) is 7.28. The Morgan fingerprint density at radius 1 is 1.35 bits per heavy atom. The molecule has 0 amide bonds. The van der Waals surface area contributed by atoms with Gasteiger partial charge in [0.25, 0.3) is 0 Å². The van der Waals surface area contributed by atoms with Crippen molar-refractivity contribution in [3.8, 4) is 0 Å². The van der Waals surface area contributed by atoms with Crippen molar-refractivity contribution in [2.45, 2.75) is 31.8 Å². The highest BCUT2D eigenvalue weighted by atomic mass is 16.6. The van der Waals surface area contributed by atoms with Crippen molar-refractivity contribution in [1.82, 2.24) is 0 Å². The van der Waals surface area contributed by atoms with Gasteiger partial charge >= 0.3 is 11.9 Å². The van der Waals surface area contributed by atoms with Crippen LogP contribution < -0.4 is 0 Å². The maximum atomic E-state index is 12.7. The van der Waals surface area contributed by atoms with E-state index in [0.29, 0.717) is 5.56 Å². The molecular formula is C16H14O7. The molecule has 0 bridgehead atoms. The fourth-order valence-corrected chi connectivity index (χ4v) is 4.64. The molecular weight excluding hydrogens is 304 g/mol. The first kappa shape index (κ1) is 14.2. The van der Waals surface area contributed by atoms with Crippen LogP contribution in [0.5, 0.6) is 0 Å². The first-order valence-corrected chi connectivity index (χ1v) is 7.28. The van der Waals surface area contributed by atoms with Gasteiger partial charge in [-0.25, -0.2) is 4.79 Å². The van der Waals surface area contributed by atoms with Crippen LogP contribution in [0.1, 0.15) is 35.2 Å². The molecule has 120 valence electrons. The van der Waals surface area contributed by atoms with Crippen LogP contribution in [0.3, 0.4) is 0 Å². The SMILES string of the molecule is COC(=O)c1oc([C@]23C(=O)C[C@@H]4OC(=O)[C@@]2(C(C)=O)[C@@H]43)cc1C. The standard InChI is InChI=1S/C16H14O7/c1-6-4-10(23-11(6)13(19)21-3)16-9(18)5-8-12(16)15(16,7(2)17)14(20)22-8/h4,8,12H,5H2,1-3H3/t8-,12+,15+,16-/m0/s1. The minimum absolute atomic E-state index is 0.0230. The molecule has 1 aliphatic heterocycles. The summed E-state index contributed by atoms with van der Waals surface area (Å²) in [7, 11) is 1.22. The van der Waals surface area contributed by atoms with Gasteiger partial charge in [0.05, 0.1) is 7.11 Å². The Kier molecular flexibility index (Phi) is 2.40. The van der Waals surface area contributed by atoms with Crippen molar-refractivity contribution in [2.75, 3.05) is 7.11 Å². The first-order chi connectivity index (χ1) is 10.8. The van der Waals surface area contributed by atoms with Crippen molar-refractivity contribution in [3.63, 3.8) is 0 Å². The van der Waals surface area contributed by atoms with Gasteiger partial charge in [0.15, 0.2) is 11.2 Å². The summed E-state index contributed by atoms with van der Waals surface area (Å²) in [5.41, 5.74) is -2.32. The molecule has 2 aliphatic carbocycles. The second kappa shape index (κ2) is 3.90. The molecule has 3 fully saturated rings. The molecule has 1 aromatic rings. The van der Waals surface area contributed by atoms with E-state index in [2.05, 4.69) is 4.74 Å². The Hall–Kier alpha value is -2.44. The number of carbonyl (C=O) groups is 4. The van der Waals surface area contributed by atoms with E-state index in [1.807, 2.05) is 0 Å². The van der Waals surface area contributed by atoms with Crippen LogP contribution >= 0.6 is 0 Å². The van der Waals surface area contributed by atoms with Crippen molar-refractivity contribution >= 4 is 23.5 Å². The molecule has 0 radical (unpaired) electrons. The topological polar surface area (TPSA) is 99.9 Å². The molecule has 0 unspecified atom stereocenters. The lowest BCUT2D eigenvalue weighted by Crippen LogP contribution is -2.35. The Labute approximate surface area is 130 Å². The molecule has 3 aliphatic rings. The second-order valence-electron chi connectivity index (χ2n) is 6.34. The largest absolute Gasteiger partial charge is 0.463 e. The second-order valence-corrected chi connectivity index (χ2v) is 6.34. The van der Waals surface area contributed by atoms with E-state index < -0.39 is 40.6 Å². The number of methoxy groups -OCH3 is 1. The average Bonchev–Trinajstić information content (AvgIpc) is 2.66. The summed E-state index contributed by atoms with van der Waals surface area (Å²) in [6.07, 6.45) is -0.524. The molecule has 2 saturated carbocycles. The van der Waals surface area contributed by atoms with Crippen molar-refractivity contribution in [3.05, 3.63) is 23.2 Å². The monoisotopic (exact) mass is 318 g/mol. The number of rotatable bonds is 3. The predicted octanol–water partition coefficient (Wildman–Crippen LogP) is 0.716. The highest BCUT2D eigenvalue weighted by Crippen LogP contribution is 2.80. The number of ketones is 2. The zero-order valence-corrected chi connectivity index (χ0v) is 12.8. The number of aryl methyl sites for hydroxylation is 1. The number of ether oxygens (including phenoxy) is 2. The van der Waals surface area contributed by atoms with E-state index in [-0.39, 0.29) is 23.7 Å². The van der Waals surface area contributed by atoms with E-state index in [1.165, 1.54) is 14.0 Å². The molecule has 0 spiro atoms. The minimum Gasteiger partial charge on any atom is -0.463 e. The fraction of sp³-hybridized carbons (Fsp3) is 0.500. The molecule has 23 heavy (non-hydrogen) atoms. The van der Waals surface area contributed by atoms with Gasteiger partial charge in [0.2, 0.25) is 5.76 Å². The average molecular weight is 318 g/mol. The third-order valence-corrected chi connectivity index (χ3v) is 5.48. The lowest BCUT2D eigenvalue weighted by Gasteiger charge is -2.16. The number of fused-ring (bicyclic) bond motifs is 1. The van der Waals surface area contributed by atoms with Crippen LogP contribution in [0.4, 0.5) is 0 Å². The van der Waals surface area contributed by atoms with Crippen LogP contribution in [0.15, 0.2) is 10.5 Å². The number of furan rings is 1.